The maximum absolute atomic E-state index is 13.0. The molecule has 1 aromatic carbocycles. The lowest BCUT2D eigenvalue weighted by molar-refractivity contribution is 0.102. The number of hydrogen-bond donors (Lipinski definition) is 1. The van der Waals surface area contributed by atoms with Gasteiger partial charge in [-0.25, -0.2) is 17.8 Å². The number of benzene rings is 1. The van der Waals surface area contributed by atoms with Crippen molar-refractivity contribution in [3.8, 4) is 0 Å². The fraction of sp³-hybridized carbons (Fsp3) is 0.333. The number of anilines is 2. The van der Waals surface area contributed by atoms with E-state index >= 15 is 0 Å². The smallest absolute Gasteiger partial charge is 0.255 e. The van der Waals surface area contributed by atoms with Gasteiger partial charge in [-0.05, 0) is 49.7 Å². The Balaban J connectivity index is 1.78. The summed E-state index contributed by atoms with van der Waals surface area (Å²) in [7, 11) is -3.01. The van der Waals surface area contributed by atoms with Gasteiger partial charge in [-0.3, -0.25) is 4.79 Å². The Morgan fingerprint density at radius 2 is 2.04 bits per heavy atom. The van der Waals surface area contributed by atoms with E-state index in [1.165, 1.54) is 30.5 Å². The highest BCUT2D eigenvalue weighted by molar-refractivity contribution is 7.91. The number of carbonyl (C=O) groups excluding carboxylic acids is 1. The predicted octanol–water partition coefficient (Wildman–Crippen LogP) is 2.49. The van der Waals surface area contributed by atoms with Gasteiger partial charge in [0.25, 0.3) is 5.91 Å². The van der Waals surface area contributed by atoms with Crippen LogP contribution in [0.3, 0.4) is 0 Å². The summed E-state index contributed by atoms with van der Waals surface area (Å²) in [5.74, 6) is 0.143. The Morgan fingerprint density at radius 3 is 2.65 bits per heavy atom. The van der Waals surface area contributed by atoms with Crippen LogP contribution in [0, 0.1) is 5.82 Å². The SMILES string of the molecule is CCN(c1cc(C(=O)Nc2ccc(F)cc2)ccn1)C1CCS(=O)(=O)C1. The third kappa shape index (κ3) is 4.19. The molecule has 0 aliphatic carbocycles. The van der Waals surface area contributed by atoms with Crippen LogP contribution < -0.4 is 10.2 Å². The normalized spacial score (nSPS) is 18.5. The Morgan fingerprint density at radius 1 is 1.31 bits per heavy atom. The minimum Gasteiger partial charge on any atom is -0.353 e. The van der Waals surface area contributed by atoms with Crippen molar-refractivity contribution in [3.63, 3.8) is 0 Å². The second-order valence-electron chi connectivity index (χ2n) is 6.21. The zero-order chi connectivity index (χ0) is 18.7. The molecular weight excluding hydrogens is 357 g/mol. The number of nitrogens with zero attached hydrogens (tertiary/aromatic N) is 2. The lowest BCUT2D eigenvalue weighted by atomic mass is 10.2. The molecule has 26 heavy (non-hydrogen) atoms. The number of carbonyl (C=O) groups is 1. The van der Waals surface area contributed by atoms with Crippen LogP contribution in [-0.2, 0) is 9.84 Å². The van der Waals surface area contributed by atoms with E-state index in [9.17, 15) is 17.6 Å². The van der Waals surface area contributed by atoms with Gasteiger partial charge < -0.3 is 10.2 Å². The van der Waals surface area contributed by atoms with Gasteiger partial charge in [-0.15, -0.1) is 0 Å². The van der Waals surface area contributed by atoms with Crippen molar-refractivity contribution in [1.82, 2.24) is 4.98 Å². The lowest BCUT2D eigenvalue weighted by Gasteiger charge is -2.28. The second-order valence-corrected chi connectivity index (χ2v) is 8.44. The van der Waals surface area contributed by atoms with E-state index in [0.717, 1.165) is 0 Å². The number of halogens is 1. The lowest BCUT2D eigenvalue weighted by Crippen LogP contribution is -2.36. The molecule has 1 unspecified atom stereocenters. The summed E-state index contributed by atoms with van der Waals surface area (Å²) in [5.41, 5.74) is 0.891. The molecule has 0 spiro atoms. The van der Waals surface area contributed by atoms with Crippen LogP contribution >= 0.6 is 0 Å². The van der Waals surface area contributed by atoms with Crippen molar-refractivity contribution in [2.45, 2.75) is 19.4 Å². The number of rotatable bonds is 5. The van der Waals surface area contributed by atoms with Gasteiger partial charge in [0.15, 0.2) is 9.84 Å². The third-order valence-electron chi connectivity index (χ3n) is 4.39. The first kappa shape index (κ1) is 18.3. The van der Waals surface area contributed by atoms with E-state index in [0.29, 0.717) is 30.0 Å². The van der Waals surface area contributed by atoms with Gasteiger partial charge in [0, 0.05) is 30.0 Å². The average Bonchev–Trinajstić information content (AvgIpc) is 2.97. The van der Waals surface area contributed by atoms with E-state index in [1.807, 2.05) is 11.8 Å². The molecule has 2 aromatic rings. The van der Waals surface area contributed by atoms with Crippen molar-refractivity contribution in [2.75, 3.05) is 28.3 Å². The van der Waals surface area contributed by atoms with Crippen molar-refractivity contribution in [3.05, 3.63) is 54.0 Å². The minimum atomic E-state index is -3.01. The standard InChI is InChI=1S/C18H20FN3O3S/c1-2-22(16-8-10-26(24,25)12-16)17-11-13(7-9-20-17)18(23)21-15-5-3-14(19)4-6-15/h3-7,9,11,16H,2,8,10,12H2,1H3,(H,21,23). The van der Waals surface area contributed by atoms with E-state index in [-0.39, 0.29) is 29.3 Å². The molecule has 0 radical (unpaired) electrons. The molecule has 8 heteroatoms. The molecule has 1 aliphatic rings. The topological polar surface area (TPSA) is 79.4 Å². The van der Waals surface area contributed by atoms with E-state index in [1.54, 1.807) is 12.1 Å². The van der Waals surface area contributed by atoms with Gasteiger partial charge in [0.05, 0.1) is 11.5 Å². The first-order chi connectivity index (χ1) is 12.4. The Labute approximate surface area is 152 Å². The van der Waals surface area contributed by atoms with Crippen LogP contribution in [0.5, 0.6) is 0 Å². The van der Waals surface area contributed by atoms with Gasteiger partial charge in [-0.2, -0.15) is 0 Å². The molecule has 6 nitrogen and oxygen atoms in total. The monoisotopic (exact) mass is 377 g/mol. The summed E-state index contributed by atoms with van der Waals surface area (Å²) in [4.78, 5) is 18.7. The van der Waals surface area contributed by atoms with Crippen molar-refractivity contribution >= 4 is 27.2 Å². The van der Waals surface area contributed by atoms with Crippen molar-refractivity contribution < 1.29 is 17.6 Å². The molecule has 1 atom stereocenters. The zero-order valence-electron chi connectivity index (χ0n) is 14.4. The quantitative estimate of drug-likeness (QED) is 0.866. The Kier molecular flexibility index (Phi) is 5.22. The molecule has 1 aromatic heterocycles. The van der Waals surface area contributed by atoms with Gasteiger partial charge >= 0.3 is 0 Å². The highest BCUT2D eigenvalue weighted by atomic mass is 32.2. The first-order valence-corrected chi connectivity index (χ1v) is 10.2. The van der Waals surface area contributed by atoms with Crippen molar-refractivity contribution in [2.24, 2.45) is 0 Å². The van der Waals surface area contributed by atoms with Crippen LogP contribution in [0.1, 0.15) is 23.7 Å². The molecule has 1 fully saturated rings. The number of sulfone groups is 1. The van der Waals surface area contributed by atoms with Gasteiger partial charge in [-0.1, -0.05) is 0 Å². The number of pyridine rings is 1. The first-order valence-electron chi connectivity index (χ1n) is 8.38. The summed E-state index contributed by atoms with van der Waals surface area (Å²) in [6.07, 6.45) is 2.09. The predicted molar refractivity (Wildman–Crippen MR) is 98.7 cm³/mol. The van der Waals surface area contributed by atoms with Crippen molar-refractivity contribution in [1.29, 1.82) is 0 Å². The molecular formula is C18H20FN3O3S. The summed E-state index contributed by atoms with van der Waals surface area (Å²) in [6.45, 7) is 2.52. The number of hydrogen-bond acceptors (Lipinski definition) is 5. The fourth-order valence-corrected chi connectivity index (χ4v) is 4.81. The summed E-state index contributed by atoms with van der Waals surface area (Å²) in [5, 5.41) is 2.70. The molecule has 138 valence electrons. The number of aromatic nitrogens is 1. The van der Waals surface area contributed by atoms with E-state index in [2.05, 4.69) is 10.3 Å². The molecule has 2 heterocycles. The second kappa shape index (κ2) is 7.41. The summed E-state index contributed by atoms with van der Waals surface area (Å²) >= 11 is 0. The van der Waals surface area contributed by atoms with Gasteiger partial charge in [0.2, 0.25) is 0 Å². The van der Waals surface area contributed by atoms with Gasteiger partial charge in [0.1, 0.15) is 11.6 Å². The van der Waals surface area contributed by atoms with E-state index < -0.39 is 9.84 Å². The summed E-state index contributed by atoms with van der Waals surface area (Å²) < 4.78 is 36.5. The molecule has 3 rings (SSSR count). The molecule has 1 aliphatic heterocycles. The molecule has 0 saturated carbocycles. The van der Waals surface area contributed by atoms with Crippen LogP contribution in [0.25, 0.3) is 0 Å². The molecule has 1 saturated heterocycles. The highest BCUT2D eigenvalue weighted by Gasteiger charge is 2.32. The van der Waals surface area contributed by atoms with Crippen LogP contribution in [0.4, 0.5) is 15.9 Å². The van der Waals surface area contributed by atoms with E-state index in [4.69, 9.17) is 0 Å². The largest absolute Gasteiger partial charge is 0.353 e. The maximum Gasteiger partial charge on any atom is 0.255 e. The Bertz CT molecular complexity index is 900. The van der Waals surface area contributed by atoms with Crippen LogP contribution in [0.2, 0.25) is 0 Å². The van der Waals surface area contributed by atoms with Crippen LogP contribution in [0.15, 0.2) is 42.6 Å². The third-order valence-corrected chi connectivity index (χ3v) is 6.14. The summed E-state index contributed by atoms with van der Waals surface area (Å²) in [6, 6.07) is 8.61. The fourth-order valence-electron chi connectivity index (χ4n) is 3.08. The average molecular weight is 377 g/mol. The maximum atomic E-state index is 13.0. The van der Waals surface area contributed by atoms with Crippen LogP contribution in [-0.4, -0.2) is 43.4 Å². The number of amides is 1. The molecule has 1 amide bonds. The molecule has 0 bridgehead atoms. The minimum absolute atomic E-state index is 0.106. The number of nitrogens with one attached hydrogen (secondary N) is 1. The molecule has 1 N–H and O–H groups in total. The highest BCUT2D eigenvalue weighted by Crippen LogP contribution is 2.23. The zero-order valence-corrected chi connectivity index (χ0v) is 15.2. The Hall–Kier alpha value is -2.48.